The molecule has 5 heteroatoms. The van der Waals surface area contributed by atoms with Crippen molar-refractivity contribution < 1.29 is 9.53 Å². The number of hydrogen-bond donors (Lipinski definition) is 2. The van der Waals surface area contributed by atoms with E-state index in [0.29, 0.717) is 12.6 Å². The van der Waals surface area contributed by atoms with Gasteiger partial charge in [0.05, 0.1) is 18.8 Å². The van der Waals surface area contributed by atoms with E-state index in [1.165, 1.54) is 25.7 Å². The Labute approximate surface area is 137 Å². The summed E-state index contributed by atoms with van der Waals surface area (Å²) >= 11 is 0. The van der Waals surface area contributed by atoms with E-state index in [2.05, 4.69) is 22.8 Å². The molecule has 1 aromatic carbocycles. The van der Waals surface area contributed by atoms with Gasteiger partial charge in [-0.25, -0.2) is 4.79 Å². The summed E-state index contributed by atoms with van der Waals surface area (Å²) in [7, 11) is 3.56. The van der Waals surface area contributed by atoms with Crippen LogP contribution in [0.25, 0.3) is 0 Å². The number of anilines is 1. The number of fused-ring (bicyclic) bond motifs is 2. The zero-order valence-electron chi connectivity index (χ0n) is 13.8. The van der Waals surface area contributed by atoms with E-state index in [0.717, 1.165) is 28.8 Å². The number of carbonyl (C=O) groups is 1. The third-order valence-electron chi connectivity index (χ3n) is 5.92. The minimum absolute atomic E-state index is 0.00608. The number of hydrogen-bond acceptors (Lipinski definition) is 3. The maximum atomic E-state index is 11.7. The summed E-state index contributed by atoms with van der Waals surface area (Å²) in [5.74, 6) is 2.61. The van der Waals surface area contributed by atoms with Crippen LogP contribution >= 0.6 is 0 Å². The number of rotatable bonds is 4. The average Bonchev–Trinajstić information content (AvgIpc) is 3.25. The van der Waals surface area contributed by atoms with E-state index in [1.54, 1.807) is 12.0 Å². The van der Waals surface area contributed by atoms with Gasteiger partial charge in [0.15, 0.2) is 0 Å². The van der Waals surface area contributed by atoms with Gasteiger partial charge in [-0.05, 0) is 48.8 Å². The largest absolute Gasteiger partial charge is 0.495 e. The SMILES string of the molecule is COc1ccc(C2CNC(=O)N2C)cc1NC1CC2CCC1C2. The van der Waals surface area contributed by atoms with E-state index < -0.39 is 0 Å². The summed E-state index contributed by atoms with van der Waals surface area (Å²) in [5, 5.41) is 6.63. The van der Waals surface area contributed by atoms with Crippen molar-refractivity contribution in [2.24, 2.45) is 11.8 Å². The summed E-state index contributed by atoms with van der Waals surface area (Å²) in [6, 6.07) is 6.89. The number of nitrogens with zero attached hydrogens (tertiary/aromatic N) is 1. The fourth-order valence-electron chi connectivity index (χ4n) is 4.60. The molecule has 1 heterocycles. The van der Waals surface area contributed by atoms with Crippen LogP contribution < -0.4 is 15.4 Å². The van der Waals surface area contributed by atoms with E-state index in [1.807, 2.05) is 13.1 Å². The van der Waals surface area contributed by atoms with Crippen LogP contribution in [0.5, 0.6) is 5.75 Å². The highest BCUT2D eigenvalue weighted by Crippen LogP contribution is 2.46. The molecule has 1 aliphatic heterocycles. The lowest BCUT2D eigenvalue weighted by Gasteiger charge is -2.26. The van der Waals surface area contributed by atoms with Crippen molar-refractivity contribution >= 4 is 11.7 Å². The molecule has 3 fully saturated rings. The van der Waals surface area contributed by atoms with Crippen LogP contribution in [0.4, 0.5) is 10.5 Å². The summed E-state index contributed by atoms with van der Waals surface area (Å²) in [5.41, 5.74) is 2.22. The van der Waals surface area contributed by atoms with Crippen LogP contribution in [0.15, 0.2) is 18.2 Å². The molecule has 4 rings (SSSR count). The molecule has 0 radical (unpaired) electrons. The van der Waals surface area contributed by atoms with Crippen molar-refractivity contribution in [1.29, 1.82) is 0 Å². The average molecular weight is 315 g/mol. The van der Waals surface area contributed by atoms with Gasteiger partial charge in [0, 0.05) is 19.6 Å². The molecule has 4 atom stereocenters. The zero-order valence-corrected chi connectivity index (χ0v) is 13.8. The van der Waals surface area contributed by atoms with E-state index in [9.17, 15) is 4.79 Å². The van der Waals surface area contributed by atoms with Gasteiger partial charge < -0.3 is 20.3 Å². The Kier molecular flexibility index (Phi) is 3.58. The molecular weight excluding hydrogens is 290 g/mol. The Morgan fingerprint density at radius 3 is 2.78 bits per heavy atom. The Morgan fingerprint density at radius 1 is 1.30 bits per heavy atom. The van der Waals surface area contributed by atoms with Crippen LogP contribution in [0.2, 0.25) is 0 Å². The Morgan fingerprint density at radius 2 is 2.17 bits per heavy atom. The lowest BCUT2D eigenvalue weighted by molar-refractivity contribution is 0.217. The highest BCUT2D eigenvalue weighted by molar-refractivity contribution is 5.77. The number of nitrogens with one attached hydrogen (secondary N) is 2. The normalized spacial score (nSPS) is 32.3. The first-order valence-corrected chi connectivity index (χ1v) is 8.61. The second-order valence-corrected chi connectivity index (χ2v) is 7.20. The molecule has 124 valence electrons. The number of methoxy groups -OCH3 is 1. The third kappa shape index (κ3) is 2.52. The summed E-state index contributed by atoms with van der Waals surface area (Å²) < 4.78 is 5.54. The first kappa shape index (κ1) is 14.7. The van der Waals surface area contributed by atoms with Gasteiger partial charge in [-0.2, -0.15) is 0 Å². The molecule has 2 N–H and O–H groups in total. The molecular formula is C18H25N3O2. The Hall–Kier alpha value is -1.91. The number of ether oxygens (including phenoxy) is 1. The van der Waals surface area contributed by atoms with Gasteiger partial charge in [0.25, 0.3) is 0 Å². The summed E-state index contributed by atoms with van der Waals surface area (Å²) in [6.45, 7) is 0.662. The molecule has 2 bridgehead atoms. The van der Waals surface area contributed by atoms with Crippen LogP contribution in [-0.2, 0) is 0 Å². The van der Waals surface area contributed by atoms with Gasteiger partial charge in [-0.15, -0.1) is 0 Å². The predicted molar refractivity (Wildman–Crippen MR) is 89.8 cm³/mol. The maximum absolute atomic E-state index is 11.7. The van der Waals surface area contributed by atoms with Gasteiger partial charge in [0.1, 0.15) is 5.75 Å². The van der Waals surface area contributed by atoms with E-state index in [4.69, 9.17) is 4.74 Å². The standard InChI is InChI=1S/C18H25N3O2/c1-21-16(10-19-18(21)22)13-5-6-17(23-2)15(9-13)20-14-8-11-3-4-12(14)7-11/h5-6,9,11-12,14,16,20H,3-4,7-8,10H2,1-2H3,(H,19,22). The van der Waals surface area contributed by atoms with Crippen molar-refractivity contribution in [2.75, 3.05) is 26.0 Å². The lowest BCUT2D eigenvalue weighted by atomic mass is 9.95. The fourth-order valence-corrected chi connectivity index (χ4v) is 4.60. The molecule has 23 heavy (non-hydrogen) atoms. The monoisotopic (exact) mass is 315 g/mol. The molecule has 4 unspecified atom stereocenters. The highest BCUT2D eigenvalue weighted by atomic mass is 16.5. The second-order valence-electron chi connectivity index (χ2n) is 7.20. The highest BCUT2D eigenvalue weighted by Gasteiger charge is 2.39. The Balaban J connectivity index is 1.57. The first-order chi connectivity index (χ1) is 11.2. The van der Waals surface area contributed by atoms with Crippen molar-refractivity contribution in [3.63, 3.8) is 0 Å². The van der Waals surface area contributed by atoms with Crippen LogP contribution in [0.1, 0.15) is 37.3 Å². The Bertz CT molecular complexity index is 618. The van der Waals surface area contributed by atoms with Gasteiger partial charge in [-0.1, -0.05) is 12.5 Å². The summed E-state index contributed by atoms with van der Waals surface area (Å²) in [6.07, 6.45) is 5.42. The number of amides is 2. The number of likely N-dealkylation sites (N-methyl/N-ethyl adjacent to an activating group) is 1. The molecule has 1 saturated heterocycles. The van der Waals surface area contributed by atoms with Gasteiger partial charge >= 0.3 is 6.03 Å². The second kappa shape index (κ2) is 5.62. The minimum Gasteiger partial charge on any atom is -0.495 e. The molecule has 2 amide bonds. The molecule has 5 nitrogen and oxygen atoms in total. The molecule has 2 aliphatic carbocycles. The number of benzene rings is 1. The van der Waals surface area contributed by atoms with Crippen LogP contribution in [-0.4, -0.2) is 37.7 Å². The van der Waals surface area contributed by atoms with E-state index in [-0.39, 0.29) is 12.1 Å². The third-order valence-corrected chi connectivity index (χ3v) is 5.92. The zero-order chi connectivity index (χ0) is 16.0. The van der Waals surface area contributed by atoms with Gasteiger partial charge in [0.2, 0.25) is 0 Å². The van der Waals surface area contributed by atoms with Crippen molar-refractivity contribution in [3.05, 3.63) is 23.8 Å². The fraction of sp³-hybridized carbons (Fsp3) is 0.611. The number of carbonyl (C=O) groups excluding carboxylic acids is 1. The van der Waals surface area contributed by atoms with Crippen molar-refractivity contribution in [1.82, 2.24) is 10.2 Å². The van der Waals surface area contributed by atoms with Crippen molar-refractivity contribution in [2.45, 2.75) is 37.8 Å². The predicted octanol–water partition coefficient (Wildman–Crippen LogP) is 2.99. The van der Waals surface area contributed by atoms with Crippen LogP contribution in [0, 0.1) is 11.8 Å². The molecule has 0 spiro atoms. The van der Waals surface area contributed by atoms with E-state index >= 15 is 0 Å². The molecule has 3 aliphatic rings. The number of urea groups is 1. The lowest BCUT2D eigenvalue weighted by Crippen LogP contribution is -2.27. The molecule has 1 aromatic rings. The quantitative estimate of drug-likeness (QED) is 0.898. The smallest absolute Gasteiger partial charge is 0.317 e. The summed E-state index contributed by atoms with van der Waals surface area (Å²) in [4.78, 5) is 13.5. The van der Waals surface area contributed by atoms with Crippen molar-refractivity contribution in [3.8, 4) is 5.75 Å². The maximum Gasteiger partial charge on any atom is 0.317 e. The molecule has 2 saturated carbocycles. The van der Waals surface area contributed by atoms with Gasteiger partial charge in [-0.3, -0.25) is 0 Å². The topological polar surface area (TPSA) is 53.6 Å². The van der Waals surface area contributed by atoms with Crippen LogP contribution in [0.3, 0.4) is 0 Å². The minimum atomic E-state index is -0.00608. The molecule has 0 aromatic heterocycles. The first-order valence-electron chi connectivity index (χ1n) is 8.61.